The molecule has 0 spiro atoms. The topological polar surface area (TPSA) is 47.5 Å². The maximum atomic E-state index is 5.08. The molecule has 7 heteroatoms. The summed E-state index contributed by atoms with van der Waals surface area (Å²) >= 11 is 1.85. The largest absolute Gasteiger partial charge is 3.00 e. The van der Waals surface area contributed by atoms with Crippen LogP contribution in [0, 0.1) is 45.9 Å². The minimum atomic E-state index is 0. The molecule has 6 heterocycles. The maximum absolute atomic E-state index is 5.08. The Labute approximate surface area is 436 Å². The first-order chi connectivity index (χ1) is 34.8. The van der Waals surface area contributed by atoms with Crippen LogP contribution in [0.3, 0.4) is 0 Å². The summed E-state index contributed by atoms with van der Waals surface area (Å²) in [5.74, 6) is 0. The zero-order valence-electron chi connectivity index (χ0n) is 40.5. The van der Waals surface area contributed by atoms with E-state index in [0.717, 1.165) is 87.1 Å². The Hall–Kier alpha value is -7.54. The Morgan fingerprint density at radius 3 is 1.69 bits per heavy atom. The number of aromatic nitrogens is 5. The Morgan fingerprint density at radius 1 is 0.486 bits per heavy atom. The number of hydrogen-bond donors (Lipinski definition) is 0. The van der Waals surface area contributed by atoms with Crippen LogP contribution in [0.25, 0.3) is 97.6 Å². The normalized spacial score (nSPS) is 11.7. The fourth-order valence-corrected chi connectivity index (χ4v) is 11.7. The predicted octanol–water partition coefficient (Wildman–Crippen LogP) is 15.9. The molecular formula is C65H48IrN5S. The van der Waals surface area contributed by atoms with Crippen LogP contribution in [-0.4, -0.2) is 23.8 Å². The van der Waals surface area contributed by atoms with Crippen molar-refractivity contribution in [1.29, 1.82) is 0 Å². The monoisotopic (exact) mass is 1120 g/mol. The van der Waals surface area contributed by atoms with Crippen LogP contribution in [-0.2, 0) is 45.8 Å². The molecule has 0 N–H and O–H groups in total. The van der Waals surface area contributed by atoms with E-state index in [2.05, 4.69) is 213 Å². The zero-order chi connectivity index (χ0) is 47.7. The van der Waals surface area contributed by atoms with Gasteiger partial charge in [-0.1, -0.05) is 110 Å². The molecule has 13 rings (SSSR count). The molecule has 0 saturated heterocycles. The zero-order valence-corrected chi connectivity index (χ0v) is 43.7. The number of benzene rings is 7. The van der Waals surface area contributed by atoms with Gasteiger partial charge in [-0.3, -0.25) is 9.97 Å². The molecule has 0 amide bonds. The van der Waals surface area contributed by atoms with E-state index >= 15 is 0 Å². The van der Waals surface area contributed by atoms with Gasteiger partial charge in [-0.15, -0.1) is 116 Å². The average Bonchev–Trinajstić information content (AvgIpc) is 4.04. The summed E-state index contributed by atoms with van der Waals surface area (Å²) in [4.78, 5) is 14.8. The summed E-state index contributed by atoms with van der Waals surface area (Å²) < 4.78 is 6.96. The van der Waals surface area contributed by atoms with Gasteiger partial charge in [-0.25, -0.2) is 0 Å². The van der Waals surface area contributed by atoms with Gasteiger partial charge in [0.2, 0.25) is 0 Å². The Bertz CT molecular complexity index is 4090. The quantitative estimate of drug-likeness (QED) is 0.128. The fraction of sp³-hybridized carbons (Fsp3) is 0.123. The number of hydrogen-bond acceptors (Lipinski definition) is 4. The SMILES string of the molecule is Cc1nc2c3[c-]cc(CCc4cc(CCc5c[c-]c6c(ccn7c(C)c(C)nc67)c5)cc(-c5ccccc5-c5ccc(-c6[c-]ccc(-c7ccc8c(c7)sc7ccccc78)c6)nc5)c4)cc3ccn2c1C.[Ir+3]. The average molecular weight is 1120 g/mol. The van der Waals surface area contributed by atoms with Crippen LogP contribution in [0.15, 0.2) is 170 Å². The van der Waals surface area contributed by atoms with Gasteiger partial charge in [0.1, 0.15) is 0 Å². The number of fused-ring (bicyclic) bond motifs is 9. The van der Waals surface area contributed by atoms with Crippen LogP contribution in [0.2, 0.25) is 0 Å². The van der Waals surface area contributed by atoms with Gasteiger partial charge in [0.25, 0.3) is 0 Å². The van der Waals surface area contributed by atoms with E-state index in [1.165, 1.54) is 81.3 Å². The van der Waals surface area contributed by atoms with Crippen molar-refractivity contribution in [1.82, 2.24) is 23.8 Å². The number of aryl methyl sites for hydroxylation is 8. The first kappa shape index (κ1) is 45.6. The molecule has 0 aliphatic rings. The number of imidazole rings is 2. The van der Waals surface area contributed by atoms with Crippen LogP contribution in [0.4, 0.5) is 0 Å². The molecule has 0 unspecified atom stereocenters. The molecule has 0 radical (unpaired) electrons. The van der Waals surface area contributed by atoms with Gasteiger partial charge < -0.3 is 13.8 Å². The van der Waals surface area contributed by atoms with Crippen molar-refractivity contribution in [2.24, 2.45) is 0 Å². The third-order valence-electron chi connectivity index (χ3n) is 14.6. The molecule has 7 aromatic carbocycles. The van der Waals surface area contributed by atoms with Gasteiger partial charge in [-0.2, -0.15) is 0 Å². The van der Waals surface area contributed by atoms with Gasteiger partial charge in [-0.05, 0) is 110 Å². The second-order valence-electron chi connectivity index (χ2n) is 19.1. The summed E-state index contributed by atoms with van der Waals surface area (Å²) in [5, 5.41) is 7.09. The van der Waals surface area contributed by atoms with Crippen molar-refractivity contribution in [3.05, 3.63) is 233 Å². The van der Waals surface area contributed by atoms with Crippen molar-refractivity contribution >= 4 is 64.3 Å². The Balaban J connectivity index is 0.00000530. The van der Waals surface area contributed by atoms with Crippen LogP contribution in [0.1, 0.15) is 45.0 Å². The number of pyridine rings is 3. The van der Waals surface area contributed by atoms with Crippen molar-refractivity contribution in [3.63, 3.8) is 0 Å². The second-order valence-corrected chi connectivity index (χ2v) is 20.2. The van der Waals surface area contributed by atoms with Crippen molar-refractivity contribution < 1.29 is 20.1 Å². The van der Waals surface area contributed by atoms with E-state index in [9.17, 15) is 0 Å². The molecule has 0 bridgehead atoms. The summed E-state index contributed by atoms with van der Waals surface area (Å²) in [6, 6.07) is 66.2. The van der Waals surface area contributed by atoms with Crippen LogP contribution < -0.4 is 0 Å². The van der Waals surface area contributed by atoms with E-state index < -0.39 is 0 Å². The number of rotatable bonds is 10. The molecule has 6 aromatic heterocycles. The van der Waals surface area contributed by atoms with E-state index in [4.69, 9.17) is 15.0 Å². The van der Waals surface area contributed by atoms with Crippen molar-refractivity contribution in [2.75, 3.05) is 0 Å². The third kappa shape index (κ3) is 8.22. The molecule has 0 saturated carbocycles. The predicted molar refractivity (Wildman–Crippen MR) is 295 cm³/mol. The van der Waals surface area contributed by atoms with Crippen molar-refractivity contribution in [2.45, 2.75) is 53.4 Å². The molecule has 0 aliphatic heterocycles. The summed E-state index contributed by atoms with van der Waals surface area (Å²) in [7, 11) is 0. The molecular weight excluding hydrogens is 1080 g/mol. The van der Waals surface area contributed by atoms with Gasteiger partial charge in [0.15, 0.2) is 0 Å². The minimum absolute atomic E-state index is 0. The molecule has 5 nitrogen and oxygen atoms in total. The molecule has 72 heavy (non-hydrogen) atoms. The summed E-state index contributed by atoms with van der Waals surface area (Å²) in [6.07, 6.45) is 9.90. The number of nitrogens with zero attached hydrogens (tertiary/aromatic N) is 5. The van der Waals surface area contributed by atoms with E-state index in [-0.39, 0.29) is 20.1 Å². The Kier molecular flexibility index (Phi) is 11.8. The van der Waals surface area contributed by atoms with E-state index in [1.807, 2.05) is 23.6 Å². The Morgan fingerprint density at radius 2 is 1.06 bits per heavy atom. The maximum Gasteiger partial charge on any atom is 3.00 e. The molecule has 13 aromatic rings. The molecule has 0 aliphatic carbocycles. The molecule has 0 atom stereocenters. The fourth-order valence-electron chi connectivity index (χ4n) is 10.5. The van der Waals surface area contributed by atoms with E-state index in [0.29, 0.717) is 0 Å². The van der Waals surface area contributed by atoms with Gasteiger partial charge in [0, 0.05) is 49.1 Å². The molecule has 0 fully saturated rings. The molecule has 348 valence electrons. The second kappa shape index (κ2) is 18.6. The smallest absolute Gasteiger partial charge is 0.344 e. The van der Waals surface area contributed by atoms with Gasteiger partial charge >= 0.3 is 20.1 Å². The van der Waals surface area contributed by atoms with Crippen LogP contribution in [0.5, 0.6) is 0 Å². The number of thiophene rings is 1. The van der Waals surface area contributed by atoms with Crippen molar-refractivity contribution in [3.8, 4) is 44.6 Å². The summed E-state index contributed by atoms with van der Waals surface area (Å²) in [6.45, 7) is 8.39. The summed E-state index contributed by atoms with van der Waals surface area (Å²) in [5.41, 5.74) is 20.4. The standard InChI is InChI=1S/C65H48N5S.Ir/c1-40-42(3)69-30-28-50-33-44(20-24-57(50)64(69)67-40)16-18-46-32-47(19-17-45-21-25-58-51(34-45)29-31-70-43(4)41(2)68-65(58)70)36-54(35-46)56-13-6-5-12-55(56)53-23-27-61(66-39-53)52-11-9-10-48(37-52)49-22-26-60-59-14-7-8-15-62(59)71-63(60)38-49;/h5-10,12-15,20-23,26-39H,16-19H2,1-4H3;/q-3;+3. The third-order valence-corrected chi connectivity index (χ3v) is 15.8. The van der Waals surface area contributed by atoms with E-state index in [1.54, 1.807) is 0 Å². The first-order valence-electron chi connectivity index (χ1n) is 24.5. The minimum Gasteiger partial charge on any atom is -0.344 e. The van der Waals surface area contributed by atoms with Gasteiger partial charge in [0.05, 0.1) is 11.3 Å². The first-order valence-corrected chi connectivity index (χ1v) is 25.3. The van der Waals surface area contributed by atoms with Crippen LogP contribution >= 0.6 is 11.3 Å².